The largest absolute Gasteiger partial charge is 0.497 e. The molecule has 9 heteroatoms. The Morgan fingerprint density at radius 2 is 2.04 bits per heavy atom. The molecule has 1 atom stereocenters. The fraction of sp³-hybridized carbons (Fsp3) is 0.421. The molecule has 1 saturated heterocycles. The van der Waals surface area contributed by atoms with E-state index in [-0.39, 0.29) is 12.3 Å². The average molecular weight is 390 g/mol. The second-order valence-electron chi connectivity index (χ2n) is 6.37. The van der Waals surface area contributed by atoms with E-state index in [0.717, 1.165) is 0 Å². The quantitative estimate of drug-likeness (QED) is 0.649. The minimum absolute atomic E-state index is 0.138. The van der Waals surface area contributed by atoms with E-state index in [1.165, 1.54) is 13.2 Å². The number of ether oxygens (including phenoxy) is 2. The van der Waals surface area contributed by atoms with E-state index in [9.17, 15) is 19.5 Å². The van der Waals surface area contributed by atoms with Crippen molar-refractivity contribution >= 4 is 22.8 Å². The molecule has 0 saturated carbocycles. The maximum absolute atomic E-state index is 12.5. The molecule has 1 aromatic carbocycles. The summed E-state index contributed by atoms with van der Waals surface area (Å²) in [4.78, 5) is 38.3. The van der Waals surface area contributed by atoms with Gasteiger partial charge in [0.15, 0.2) is 0 Å². The van der Waals surface area contributed by atoms with E-state index >= 15 is 0 Å². The van der Waals surface area contributed by atoms with Crippen LogP contribution >= 0.6 is 0 Å². The first-order valence-electron chi connectivity index (χ1n) is 8.89. The molecule has 2 heterocycles. The van der Waals surface area contributed by atoms with Gasteiger partial charge in [-0.1, -0.05) is 0 Å². The number of carbonyl (C=O) groups excluding carboxylic acids is 2. The third kappa shape index (κ3) is 4.49. The van der Waals surface area contributed by atoms with E-state index in [2.05, 4.69) is 5.32 Å². The molecule has 1 aliphatic rings. The Morgan fingerprint density at radius 1 is 1.29 bits per heavy atom. The summed E-state index contributed by atoms with van der Waals surface area (Å²) < 4.78 is 15.5. The van der Waals surface area contributed by atoms with Crippen molar-refractivity contribution in [3.8, 4) is 5.75 Å². The van der Waals surface area contributed by atoms with Crippen LogP contribution in [0.4, 0.5) is 0 Å². The molecule has 1 fully saturated rings. The van der Waals surface area contributed by atoms with Crippen molar-refractivity contribution in [2.24, 2.45) is 0 Å². The van der Waals surface area contributed by atoms with Crippen LogP contribution in [0.15, 0.2) is 33.5 Å². The molecular weight excluding hydrogens is 368 g/mol. The second kappa shape index (κ2) is 8.85. The first-order chi connectivity index (χ1) is 13.5. The lowest BCUT2D eigenvalue weighted by atomic mass is 10.1. The molecule has 28 heavy (non-hydrogen) atoms. The fourth-order valence-corrected chi connectivity index (χ4v) is 3.09. The van der Waals surface area contributed by atoms with Crippen LogP contribution in [-0.4, -0.2) is 67.9 Å². The zero-order chi connectivity index (χ0) is 20.1. The van der Waals surface area contributed by atoms with Crippen LogP contribution in [-0.2, 0) is 20.7 Å². The van der Waals surface area contributed by atoms with Crippen LogP contribution in [0.2, 0.25) is 0 Å². The van der Waals surface area contributed by atoms with Gasteiger partial charge in [-0.2, -0.15) is 0 Å². The number of aliphatic hydroxyl groups is 1. The van der Waals surface area contributed by atoms with Crippen molar-refractivity contribution in [1.82, 2.24) is 10.2 Å². The summed E-state index contributed by atoms with van der Waals surface area (Å²) in [5, 5.41) is 12.7. The van der Waals surface area contributed by atoms with Crippen molar-refractivity contribution in [2.75, 3.05) is 40.0 Å². The number of carbonyl (C=O) groups is 2. The SMILES string of the molecule is COc1ccc2c(CC(=O)N[C@@H](CO)C(=O)N3CCOCC3)cc(=O)oc2c1. The van der Waals surface area contributed by atoms with Crippen molar-refractivity contribution in [3.05, 3.63) is 40.2 Å². The lowest BCUT2D eigenvalue weighted by Gasteiger charge is -2.30. The number of aliphatic hydroxyl groups excluding tert-OH is 1. The van der Waals surface area contributed by atoms with Crippen LogP contribution < -0.4 is 15.7 Å². The molecule has 150 valence electrons. The van der Waals surface area contributed by atoms with E-state index in [4.69, 9.17) is 13.9 Å². The normalized spacial score (nSPS) is 15.3. The fourth-order valence-electron chi connectivity index (χ4n) is 3.09. The zero-order valence-corrected chi connectivity index (χ0v) is 15.5. The molecule has 0 aliphatic carbocycles. The first-order valence-corrected chi connectivity index (χ1v) is 8.89. The standard InChI is InChI=1S/C19H22N2O7/c1-26-13-2-3-14-12(9-18(24)28-16(14)10-13)8-17(23)20-15(11-22)19(25)21-4-6-27-7-5-21/h2-3,9-10,15,22H,4-8,11H2,1H3,(H,20,23)/t15-/m0/s1. The number of fused-ring (bicyclic) bond motifs is 1. The van der Waals surface area contributed by atoms with Crippen molar-refractivity contribution in [2.45, 2.75) is 12.5 Å². The molecule has 3 rings (SSSR count). The van der Waals surface area contributed by atoms with Gasteiger partial charge in [-0.15, -0.1) is 0 Å². The van der Waals surface area contributed by atoms with E-state index < -0.39 is 24.2 Å². The summed E-state index contributed by atoms with van der Waals surface area (Å²) >= 11 is 0. The Kier molecular flexibility index (Phi) is 6.27. The van der Waals surface area contributed by atoms with Gasteiger partial charge in [0.05, 0.1) is 33.4 Å². The van der Waals surface area contributed by atoms with E-state index in [1.807, 2.05) is 0 Å². The van der Waals surface area contributed by atoms with Crippen LogP contribution in [0.1, 0.15) is 5.56 Å². The van der Waals surface area contributed by atoms with Gasteiger partial charge in [0, 0.05) is 30.6 Å². The molecular formula is C19H22N2O7. The number of nitrogens with one attached hydrogen (secondary N) is 1. The highest BCUT2D eigenvalue weighted by atomic mass is 16.5. The molecule has 0 unspecified atom stereocenters. The van der Waals surface area contributed by atoms with Gasteiger partial charge in [-0.05, 0) is 17.7 Å². The molecule has 2 N–H and O–H groups in total. The highest BCUT2D eigenvalue weighted by molar-refractivity contribution is 5.91. The van der Waals surface area contributed by atoms with Crippen LogP contribution in [0.3, 0.4) is 0 Å². The monoisotopic (exact) mass is 390 g/mol. The average Bonchev–Trinajstić information content (AvgIpc) is 2.71. The smallest absolute Gasteiger partial charge is 0.336 e. The number of morpholine rings is 1. The Hall–Kier alpha value is -2.91. The van der Waals surface area contributed by atoms with Crippen LogP contribution in [0.25, 0.3) is 11.0 Å². The topological polar surface area (TPSA) is 118 Å². The number of rotatable bonds is 6. The van der Waals surface area contributed by atoms with Crippen LogP contribution in [0, 0.1) is 0 Å². The number of amides is 2. The minimum Gasteiger partial charge on any atom is -0.497 e. The molecule has 9 nitrogen and oxygen atoms in total. The Balaban J connectivity index is 1.74. The second-order valence-corrected chi connectivity index (χ2v) is 6.37. The zero-order valence-electron chi connectivity index (χ0n) is 15.5. The minimum atomic E-state index is -1.04. The number of methoxy groups -OCH3 is 1. The molecule has 2 aromatic rings. The van der Waals surface area contributed by atoms with Crippen molar-refractivity contribution in [1.29, 1.82) is 0 Å². The van der Waals surface area contributed by atoms with Gasteiger partial charge in [0.25, 0.3) is 0 Å². The molecule has 1 aromatic heterocycles. The van der Waals surface area contributed by atoms with Gasteiger partial charge in [-0.25, -0.2) is 4.79 Å². The number of benzene rings is 1. The lowest BCUT2D eigenvalue weighted by molar-refractivity contribution is -0.140. The third-order valence-corrected chi connectivity index (χ3v) is 4.53. The lowest BCUT2D eigenvalue weighted by Crippen LogP contribution is -2.53. The Labute approximate surface area is 160 Å². The Bertz CT molecular complexity index is 918. The predicted molar refractivity (Wildman–Crippen MR) is 99.2 cm³/mol. The highest BCUT2D eigenvalue weighted by Crippen LogP contribution is 2.22. The maximum Gasteiger partial charge on any atom is 0.336 e. The van der Waals surface area contributed by atoms with E-state index in [0.29, 0.717) is 48.6 Å². The number of hydrogen-bond acceptors (Lipinski definition) is 7. The Morgan fingerprint density at radius 3 is 2.71 bits per heavy atom. The van der Waals surface area contributed by atoms with Gasteiger partial charge in [0.2, 0.25) is 11.8 Å². The van der Waals surface area contributed by atoms with Gasteiger partial charge in [-0.3, -0.25) is 9.59 Å². The first kappa shape index (κ1) is 19.8. The summed E-state index contributed by atoms with van der Waals surface area (Å²) in [6, 6.07) is 5.16. The van der Waals surface area contributed by atoms with Crippen LogP contribution in [0.5, 0.6) is 5.75 Å². The summed E-state index contributed by atoms with van der Waals surface area (Å²) in [6.07, 6.45) is -0.138. The van der Waals surface area contributed by atoms with Crippen molar-refractivity contribution < 1.29 is 28.6 Å². The molecule has 0 radical (unpaired) electrons. The highest BCUT2D eigenvalue weighted by Gasteiger charge is 2.26. The summed E-state index contributed by atoms with van der Waals surface area (Å²) in [7, 11) is 1.50. The number of nitrogens with zero attached hydrogens (tertiary/aromatic N) is 1. The van der Waals surface area contributed by atoms with Gasteiger partial charge in [0.1, 0.15) is 17.4 Å². The summed E-state index contributed by atoms with van der Waals surface area (Å²) in [6.45, 7) is 1.16. The summed E-state index contributed by atoms with van der Waals surface area (Å²) in [5.74, 6) is -0.321. The van der Waals surface area contributed by atoms with Crippen molar-refractivity contribution in [3.63, 3.8) is 0 Å². The molecule has 0 spiro atoms. The van der Waals surface area contributed by atoms with Gasteiger partial charge < -0.3 is 29.2 Å². The van der Waals surface area contributed by atoms with E-state index in [1.54, 1.807) is 23.1 Å². The molecule has 2 amide bonds. The summed E-state index contributed by atoms with van der Waals surface area (Å²) in [5.41, 5.74) is 0.173. The van der Waals surface area contributed by atoms with Gasteiger partial charge >= 0.3 is 5.63 Å². The molecule has 1 aliphatic heterocycles. The molecule has 0 bridgehead atoms. The predicted octanol–water partition coefficient (Wildman–Crippen LogP) is -0.320. The maximum atomic E-state index is 12.5. The number of hydrogen-bond donors (Lipinski definition) is 2. The third-order valence-electron chi connectivity index (χ3n) is 4.53.